The van der Waals surface area contributed by atoms with Crippen LogP contribution in [0.2, 0.25) is 0 Å². The summed E-state index contributed by atoms with van der Waals surface area (Å²) in [5, 5.41) is 7.82. The fourth-order valence-corrected chi connectivity index (χ4v) is 6.40. The van der Waals surface area contributed by atoms with Crippen LogP contribution in [-0.2, 0) is 25.7 Å². The third-order valence-electron chi connectivity index (χ3n) is 7.03. The molecular weight excluding hydrogens is 402 g/mol. The maximum absolute atomic E-state index is 13.6. The van der Waals surface area contributed by atoms with E-state index in [0.717, 1.165) is 30.6 Å². The maximum atomic E-state index is 13.6. The summed E-state index contributed by atoms with van der Waals surface area (Å²) in [5.74, 6) is -1.83. The minimum atomic E-state index is -1.07. The predicted molar refractivity (Wildman–Crippen MR) is 111 cm³/mol. The molecule has 2 bridgehead atoms. The minimum absolute atomic E-state index is 0.137. The molecule has 5 rings (SSSR count). The molecule has 3 aliphatic heterocycles. The van der Waals surface area contributed by atoms with Gasteiger partial charge >= 0.3 is 0 Å². The summed E-state index contributed by atoms with van der Waals surface area (Å²) < 4.78 is 6.27. The summed E-state index contributed by atoms with van der Waals surface area (Å²) >= 11 is 1.55. The molecule has 3 amide bonds. The normalized spacial score (nSPS) is 35.0. The third-order valence-corrected chi connectivity index (χ3v) is 7.89. The van der Waals surface area contributed by atoms with E-state index < -0.39 is 29.6 Å². The Hall–Kier alpha value is -2.19. The van der Waals surface area contributed by atoms with Crippen LogP contribution < -0.4 is 10.6 Å². The number of fused-ring (bicyclic) bond motifs is 1. The van der Waals surface area contributed by atoms with Crippen LogP contribution >= 0.6 is 11.3 Å². The van der Waals surface area contributed by atoms with Crippen LogP contribution in [-0.4, -0.2) is 53.5 Å². The largest absolute Gasteiger partial charge is 0.359 e. The molecule has 1 aromatic rings. The number of likely N-dealkylation sites (tertiary alicyclic amines) is 1. The van der Waals surface area contributed by atoms with Crippen molar-refractivity contribution < 1.29 is 19.1 Å². The van der Waals surface area contributed by atoms with Crippen LogP contribution in [0.5, 0.6) is 0 Å². The van der Waals surface area contributed by atoms with Gasteiger partial charge in [-0.3, -0.25) is 14.4 Å². The van der Waals surface area contributed by atoms with E-state index in [1.165, 1.54) is 6.42 Å². The van der Waals surface area contributed by atoms with E-state index in [-0.39, 0.29) is 23.8 Å². The van der Waals surface area contributed by atoms with Gasteiger partial charge in [0.05, 0.1) is 24.5 Å². The van der Waals surface area contributed by atoms with Crippen molar-refractivity contribution in [3.8, 4) is 0 Å². The molecule has 4 heterocycles. The Labute approximate surface area is 179 Å². The van der Waals surface area contributed by atoms with Crippen molar-refractivity contribution in [3.05, 3.63) is 34.5 Å². The van der Waals surface area contributed by atoms with E-state index in [1.807, 2.05) is 29.7 Å². The van der Waals surface area contributed by atoms with Gasteiger partial charge in [0.15, 0.2) is 0 Å². The maximum Gasteiger partial charge on any atom is 0.246 e. The van der Waals surface area contributed by atoms with Gasteiger partial charge < -0.3 is 20.3 Å². The molecule has 2 saturated heterocycles. The molecule has 1 saturated carbocycles. The zero-order valence-corrected chi connectivity index (χ0v) is 17.8. The number of nitrogens with zero attached hydrogens (tertiary/aromatic N) is 1. The fourth-order valence-electron chi connectivity index (χ4n) is 5.70. The Bertz CT molecular complexity index is 879. The number of carbonyl (C=O) groups excluding carboxylic acids is 3. The molecule has 1 spiro atoms. The van der Waals surface area contributed by atoms with Crippen LogP contribution in [0, 0.1) is 11.8 Å². The molecule has 1 aliphatic carbocycles. The lowest BCUT2D eigenvalue weighted by molar-refractivity contribution is -0.142. The van der Waals surface area contributed by atoms with E-state index in [4.69, 9.17) is 4.74 Å². The highest BCUT2D eigenvalue weighted by molar-refractivity contribution is 7.09. The first-order valence-electron chi connectivity index (χ1n) is 10.8. The Morgan fingerprint density at radius 2 is 2.07 bits per heavy atom. The average molecular weight is 430 g/mol. The highest BCUT2D eigenvalue weighted by Gasteiger charge is 2.72. The van der Waals surface area contributed by atoms with Crippen molar-refractivity contribution in [2.45, 2.75) is 62.4 Å². The second-order valence-electron chi connectivity index (χ2n) is 8.70. The Morgan fingerprint density at radius 3 is 2.77 bits per heavy atom. The van der Waals surface area contributed by atoms with Crippen molar-refractivity contribution in [3.63, 3.8) is 0 Å². The number of hydrogen-bond acceptors (Lipinski definition) is 5. The topological polar surface area (TPSA) is 87.7 Å². The van der Waals surface area contributed by atoms with Crippen LogP contribution in [0.15, 0.2) is 29.7 Å². The molecule has 8 heteroatoms. The molecule has 160 valence electrons. The van der Waals surface area contributed by atoms with E-state index in [1.54, 1.807) is 23.3 Å². The second kappa shape index (κ2) is 7.50. The van der Waals surface area contributed by atoms with Crippen molar-refractivity contribution >= 4 is 29.1 Å². The summed E-state index contributed by atoms with van der Waals surface area (Å²) in [6.07, 6.45) is 8.59. The average Bonchev–Trinajstić information content (AvgIpc) is 3.51. The van der Waals surface area contributed by atoms with E-state index in [0.29, 0.717) is 6.54 Å². The number of amides is 3. The Kier molecular flexibility index (Phi) is 4.94. The Balaban J connectivity index is 1.49. The molecule has 2 N–H and O–H groups in total. The molecular formula is C22H27N3O4S. The molecule has 1 aromatic heterocycles. The number of nitrogens with one attached hydrogen (secondary N) is 2. The summed E-state index contributed by atoms with van der Waals surface area (Å²) in [6.45, 7) is 0.347. The molecule has 0 aromatic carbocycles. The van der Waals surface area contributed by atoms with E-state index in [2.05, 4.69) is 10.6 Å². The van der Waals surface area contributed by atoms with E-state index >= 15 is 0 Å². The van der Waals surface area contributed by atoms with Gasteiger partial charge in [0.25, 0.3) is 0 Å². The van der Waals surface area contributed by atoms with Crippen LogP contribution in [0.4, 0.5) is 0 Å². The van der Waals surface area contributed by atoms with Gasteiger partial charge in [-0.25, -0.2) is 0 Å². The van der Waals surface area contributed by atoms with Crippen LogP contribution in [0.25, 0.3) is 0 Å². The minimum Gasteiger partial charge on any atom is -0.359 e. The highest BCUT2D eigenvalue weighted by atomic mass is 32.1. The zero-order valence-electron chi connectivity index (χ0n) is 17.0. The summed E-state index contributed by atoms with van der Waals surface area (Å²) in [5.41, 5.74) is -1.07. The molecule has 3 fully saturated rings. The highest BCUT2D eigenvalue weighted by Crippen LogP contribution is 2.55. The van der Waals surface area contributed by atoms with Gasteiger partial charge in [-0.15, -0.1) is 11.3 Å². The van der Waals surface area contributed by atoms with Crippen LogP contribution in [0.1, 0.15) is 37.0 Å². The van der Waals surface area contributed by atoms with Gasteiger partial charge in [-0.05, 0) is 24.3 Å². The summed E-state index contributed by atoms with van der Waals surface area (Å²) in [4.78, 5) is 42.4. The van der Waals surface area contributed by atoms with E-state index in [9.17, 15) is 14.4 Å². The van der Waals surface area contributed by atoms with Crippen molar-refractivity contribution in [1.82, 2.24) is 15.5 Å². The van der Waals surface area contributed by atoms with Gasteiger partial charge in [-0.2, -0.15) is 0 Å². The number of thiophene rings is 1. The first-order valence-corrected chi connectivity index (χ1v) is 11.6. The van der Waals surface area contributed by atoms with Gasteiger partial charge in [0.1, 0.15) is 11.6 Å². The second-order valence-corrected chi connectivity index (χ2v) is 9.74. The first kappa shape index (κ1) is 19.8. The zero-order chi connectivity index (χ0) is 20.9. The Morgan fingerprint density at radius 1 is 1.27 bits per heavy atom. The predicted octanol–water partition coefficient (Wildman–Crippen LogP) is 1.59. The van der Waals surface area contributed by atoms with Crippen molar-refractivity contribution in [2.75, 3.05) is 7.05 Å². The number of hydrogen-bond donors (Lipinski definition) is 2. The molecule has 4 aliphatic rings. The lowest BCUT2D eigenvalue weighted by Crippen LogP contribution is -2.56. The fraction of sp³-hybridized carbons (Fsp3) is 0.591. The smallest absolute Gasteiger partial charge is 0.246 e. The lowest BCUT2D eigenvalue weighted by atomic mass is 9.74. The van der Waals surface area contributed by atoms with Gasteiger partial charge in [-0.1, -0.05) is 37.5 Å². The third kappa shape index (κ3) is 2.92. The molecule has 0 radical (unpaired) electrons. The first-order chi connectivity index (χ1) is 14.5. The molecule has 0 unspecified atom stereocenters. The van der Waals surface area contributed by atoms with Crippen LogP contribution in [0.3, 0.4) is 0 Å². The molecule has 5 atom stereocenters. The quantitative estimate of drug-likeness (QED) is 0.696. The number of rotatable bonds is 5. The summed E-state index contributed by atoms with van der Waals surface area (Å²) in [6, 6.07) is 3.27. The van der Waals surface area contributed by atoms with Gasteiger partial charge in [0, 0.05) is 18.0 Å². The number of ether oxygens (including phenoxy) is 1. The standard InChI is InChI=1S/C22H27N3O4S/c1-23-19(26)16-15-9-10-22(29-15)17(16)21(28)25(12-14-8-5-11-30-14)18(22)20(27)24-13-6-3-2-4-7-13/h5,8-11,13,15-18H,2-4,6-7,12H2,1H3,(H,23,26)(H,24,27)/t15-,16-,17-,18+,22-/m0/s1. The molecule has 30 heavy (non-hydrogen) atoms. The SMILES string of the molecule is CNC(=O)[C@H]1[C@@H]2C=C[C@]3(O2)[C@@H]1C(=O)N(Cc1cccs1)[C@@H]3C(=O)NC1CCCCC1. The number of carbonyl (C=O) groups is 3. The van der Waals surface area contributed by atoms with Crippen molar-refractivity contribution in [1.29, 1.82) is 0 Å². The van der Waals surface area contributed by atoms with Crippen molar-refractivity contribution in [2.24, 2.45) is 11.8 Å². The lowest BCUT2D eigenvalue weighted by Gasteiger charge is -2.34. The van der Waals surface area contributed by atoms with Gasteiger partial charge in [0.2, 0.25) is 17.7 Å². The summed E-state index contributed by atoms with van der Waals surface area (Å²) in [7, 11) is 1.57. The molecule has 7 nitrogen and oxygen atoms in total. The monoisotopic (exact) mass is 429 g/mol.